The molecule has 1 aliphatic heterocycles. The minimum absolute atomic E-state index is 0.0517. The quantitative estimate of drug-likeness (QED) is 0.769. The molecule has 5 nitrogen and oxygen atoms in total. The molecule has 112 valence electrons. The van der Waals surface area contributed by atoms with Crippen molar-refractivity contribution < 1.29 is 8.42 Å². The molecule has 0 radical (unpaired) electrons. The summed E-state index contributed by atoms with van der Waals surface area (Å²) in [6.07, 6.45) is 1.06. The van der Waals surface area contributed by atoms with E-state index in [9.17, 15) is 8.42 Å². The topological polar surface area (TPSA) is 75.4 Å². The third kappa shape index (κ3) is 4.19. The van der Waals surface area contributed by atoms with Crippen LogP contribution >= 0.6 is 0 Å². The highest BCUT2D eigenvalue weighted by Gasteiger charge is 2.23. The van der Waals surface area contributed by atoms with Crippen molar-refractivity contribution in [1.29, 1.82) is 0 Å². The van der Waals surface area contributed by atoms with Crippen LogP contribution in [0.4, 0.5) is 5.69 Å². The van der Waals surface area contributed by atoms with Gasteiger partial charge in [-0.05, 0) is 37.1 Å². The summed E-state index contributed by atoms with van der Waals surface area (Å²) in [5.74, 6) is 0.363. The molecule has 2 rings (SSSR count). The third-order valence-corrected chi connectivity index (χ3v) is 5.11. The van der Waals surface area contributed by atoms with Gasteiger partial charge in [0.2, 0.25) is 10.0 Å². The second-order valence-corrected chi connectivity index (χ2v) is 7.16. The van der Waals surface area contributed by atoms with Crippen LogP contribution in [0.15, 0.2) is 24.3 Å². The Kier molecular flexibility index (Phi) is 5.01. The van der Waals surface area contributed by atoms with Crippen LogP contribution in [0.2, 0.25) is 0 Å². The molecular formula is C14H23N3O2S. The second-order valence-electron chi connectivity index (χ2n) is 5.35. The highest BCUT2D eigenvalue weighted by molar-refractivity contribution is 7.88. The molecular weight excluding hydrogens is 274 g/mol. The van der Waals surface area contributed by atoms with Crippen molar-refractivity contribution in [3.63, 3.8) is 0 Å². The monoisotopic (exact) mass is 297 g/mol. The van der Waals surface area contributed by atoms with Gasteiger partial charge in [-0.1, -0.05) is 25.1 Å². The lowest BCUT2D eigenvalue weighted by Crippen LogP contribution is -2.32. The van der Waals surface area contributed by atoms with E-state index in [1.54, 1.807) is 24.3 Å². The number of nitrogens with zero attached hydrogens (tertiary/aromatic N) is 1. The lowest BCUT2D eigenvalue weighted by molar-refractivity contribution is 0.342. The first-order valence-corrected chi connectivity index (χ1v) is 8.68. The molecule has 3 N–H and O–H groups in total. The Morgan fingerprint density at radius 1 is 1.40 bits per heavy atom. The van der Waals surface area contributed by atoms with Crippen LogP contribution in [0.1, 0.15) is 18.9 Å². The van der Waals surface area contributed by atoms with Gasteiger partial charge in [0.1, 0.15) is 0 Å². The number of likely N-dealkylation sites (tertiary alicyclic amines) is 1. The Balaban J connectivity index is 1.87. The number of benzene rings is 1. The predicted molar refractivity (Wildman–Crippen MR) is 81.7 cm³/mol. The van der Waals surface area contributed by atoms with Gasteiger partial charge >= 0.3 is 0 Å². The van der Waals surface area contributed by atoms with Gasteiger partial charge in [0.15, 0.2) is 0 Å². The zero-order valence-electron chi connectivity index (χ0n) is 11.9. The molecule has 1 saturated heterocycles. The largest absolute Gasteiger partial charge is 0.398 e. The summed E-state index contributed by atoms with van der Waals surface area (Å²) in [7, 11) is -3.32. The van der Waals surface area contributed by atoms with Crippen molar-refractivity contribution in [3.05, 3.63) is 29.8 Å². The predicted octanol–water partition coefficient (Wildman–Crippen LogP) is 1.03. The normalized spacial score (nSPS) is 20.4. The number of anilines is 1. The van der Waals surface area contributed by atoms with E-state index in [0.717, 1.165) is 26.1 Å². The molecule has 1 aliphatic rings. The second kappa shape index (κ2) is 6.56. The van der Waals surface area contributed by atoms with Gasteiger partial charge in [-0.15, -0.1) is 0 Å². The molecule has 1 fully saturated rings. The van der Waals surface area contributed by atoms with Gasteiger partial charge in [-0.3, -0.25) is 0 Å². The molecule has 0 aliphatic carbocycles. The van der Waals surface area contributed by atoms with Gasteiger partial charge in [0.25, 0.3) is 0 Å². The number of rotatable bonds is 6. The lowest BCUT2D eigenvalue weighted by atomic mass is 10.1. The molecule has 1 atom stereocenters. The van der Waals surface area contributed by atoms with Gasteiger partial charge in [0.05, 0.1) is 5.75 Å². The van der Waals surface area contributed by atoms with E-state index in [1.165, 1.54) is 0 Å². The van der Waals surface area contributed by atoms with Crippen molar-refractivity contribution in [2.75, 3.05) is 31.9 Å². The van der Waals surface area contributed by atoms with E-state index in [1.807, 2.05) is 0 Å². The Hall–Kier alpha value is -1.11. The molecule has 20 heavy (non-hydrogen) atoms. The number of nitrogen functional groups attached to an aromatic ring is 1. The molecule has 1 aromatic rings. The zero-order valence-corrected chi connectivity index (χ0v) is 12.7. The Bertz CT molecular complexity index is 545. The third-order valence-electron chi connectivity index (χ3n) is 3.81. The summed E-state index contributed by atoms with van der Waals surface area (Å²) in [4.78, 5) is 2.34. The van der Waals surface area contributed by atoms with E-state index in [-0.39, 0.29) is 5.75 Å². The molecule has 0 saturated carbocycles. The van der Waals surface area contributed by atoms with Crippen LogP contribution in [-0.2, 0) is 15.8 Å². The highest BCUT2D eigenvalue weighted by Crippen LogP contribution is 2.16. The highest BCUT2D eigenvalue weighted by atomic mass is 32.2. The Morgan fingerprint density at radius 3 is 2.80 bits per heavy atom. The lowest BCUT2D eigenvalue weighted by Gasteiger charge is -2.14. The number of nitrogens with two attached hydrogens (primary N) is 1. The SMILES string of the molecule is CCN1CCC(CNS(=O)(=O)Cc2ccccc2N)C1. The molecule has 0 aromatic heterocycles. The van der Waals surface area contributed by atoms with Crippen molar-refractivity contribution in [3.8, 4) is 0 Å². The maximum atomic E-state index is 12.1. The molecule has 1 heterocycles. The van der Waals surface area contributed by atoms with Crippen molar-refractivity contribution >= 4 is 15.7 Å². The van der Waals surface area contributed by atoms with E-state index < -0.39 is 10.0 Å². The molecule has 0 spiro atoms. The summed E-state index contributed by atoms with van der Waals surface area (Å²) in [6.45, 7) is 5.72. The van der Waals surface area contributed by atoms with Crippen molar-refractivity contribution in [2.45, 2.75) is 19.1 Å². The van der Waals surface area contributed by atoms with Gasteiger partial charge in [-0.2, -0.15) is 0 Å². The van der Waals surface area contributed by atoms with E-state index in [2.05, 4.69) is 16.5 Å². The Morgan fingerprint density at radius 2 is 2.15 bits per heavy atom. The fourth-order valence-corrected chi connectivity index (χ4v) is 3.80. The fourth-order valence-electron chi connectivity index (χ4n) is 2.53. The number of para-hydroxylation sites is 1. The molecule has 6 heteroatoms. The summed E-state index contributed by atoms with van der Waals surface area (Å²) >= 11 is 0. The smallest absolute Gasteiger partial charge is 0.215 e. The number of hydrogen-bond donors (Lipinski definition) is 2. The molecule has 1 aromatic carbocycles. The van der Waals surface area contributed by atoms with Crippen molar-refractivity contribution in [2.24, 2.45) is 5.92 Å². The van der Waals surface area contributed by atoms with Crippen LogP contribution in [0.5, 0.6) is 0 Å². The van der Waals surface area contributed by atoms with Crippen LogP contribution in [0.3, 0.4) is 0 Å². The van der Waals surface area contributed by atoms with Gasteiger partial charge in [0, 0.05) is 18.8 Å². The standard InChI is InChI=1S/C14H23N3O2S/c1-2-17-8-7-12(10-17)9-16-20(18,19)11-13-5-3-4-6-14(13)15/h3-6,12,16H,2,7-11,15H2,1H3. The average Bonchev–Trinajstić information content (AvgIpc) is 2.87. The summed E-state index contributed by atoms with van der Waals surface area (Å²) in [6, 6.07) is 7.08. The van der Waals surface area contributed by atoms with Gasteiger partial charge < -0.3 is 10.6 Å². The maximum absolute atomic E-state index is 12.1. The first-order chi connectivity index (χ1) is 9.50. The van der Waals surface area contributed by atoms with E-state index in [0.29, 0.717) is 23.7 Å². The van der Waals surface area contributed by atoms with E-state index in [4.69, 9.17) is 5.73 Å². The summed E-state index contributed by atoms with van der Waals surface area (Å²) in [5, 5.41) is 0. The summed E-state index contributed by atoms with van der Waals surface area (Å²) < 4.78 is 26.9. The first kappa shape index (κ1) is 15.3. The minimum atomic E-state index is -3.32. The molecule has 0 amide bonds. The number of nitrogens with one attached hydrogen (secondary N) is 1. The Labute approximate surface area is 121 Å². The van der Waals surface area contributed by atoms with Crippen LogP contribution in [0.25, 0.3) is 0 Å². The van der Waals surface area contributed by atoms with Crippen LogP contribution in [0, 0.1) is 5.92 Å². The van der Waals surface area contributed by atoms with Crippen LogP contribution in [-0.4, -0.2) is 39.5 Å². The average molecular weight is 297 g/mol. The fraction of sp³-hybridized carbons (Fsp3) is 0.571. The first-order valence-electron chi connectivity index (χ1n) is 7.03. The molecule has 0 bridgehead atoms. The summed E-state index contributed by atoms with van der Waals surface area (Å²) in [5.41, 5.74) is 6.96. The van der Waals surface area contributed by atoms with Gasteiger partial charge in [-0.25, -0.2) is 13.1 Å². The number of hydrogen-bond acceptors (Lipinski definition) is 4. The maximum Gasteiger partial charge on any atom is 0.215 e. The van der Waals surface area contributed by atoms with E-state index >= 15 is 0 Å². The minimum Gasteiger partial charge on any atom is -0.398 e. The number of sulfonamides is 1. The molecule has 1 unspecified atom stereocenters. The van der Waals surface area contributed by atoms with Crippen LogP contribution < -0.4 is 10.5 Å². The zero-order chi connectivity index (χ0) is 14.6. The van der Waals surface area contributed by atoms with Crippen molar-refractivity contribution in [1.82, 2.24) is 9.62 Å².